The standard InChI is InChI=1S/C15H24N2O2/c1-12-6-8-17(9-7-12)11-15(18)16(3)10-14-5-4-13(2)19-14/h4-5,12H,6-11H2,1-3H3. The highest BCUT2D eigenvalue weighted by molar-refractivity contribution is 5.77. The van der Waals surface area contributed by atoms with E-state index in [1.54, 1.807) is 4.90 Å². The van der Waals surface area contributed by atoms with Gasteiger partial charge in [0.25, 0.3) is 0 Å². The number of carbonyl (C=O) groups excluding carboxylic acids is 1. The van der Waals surface area contributed by atoms with E-state index in [4.69, 9.17) is 4.42 Å². The third-order valence-corrected chi connectivity index (χ3v) is 3.85. The van der Waals surface area contributed by atoms with Crippen molar-refractivity contribution in [3.05, 3.63) is 23.7 Å². The summed E-state index contributed by atoms with van der Waals surface area (Å²) in [5, 5.41) is 0. The van der Waals surface area contributed by atoms with Crippen LogP contribution in [0, 0.1) is 12.8 Å². The van der Waals surface area contributed by atoms with Gasteiger partial charge in [-0.2, -0.15) is 0 Å². The molecule has 1 saturated heterocycles. The van der Waals surface area contributed by atoms with Gasteiger partial charge in [-0.1, -0.05) is 6.92 Å². The molecule has 0 saturated carbocycles. The van der Waals surface area contributed by atoms with Gasteiger partial charge in [0.15, 0.2) is 0 Å². The van der Waals surface area contributed by atoms with Gasteiger partial charge in [-0.15, -0.1) is 0 Å². The van der Waals surface area contributed by atoms with Crippen LogP contribution in [-0.2, 0) is 11.3 Å². The Hall–Kier alpha value is -1.29. The van der Waals surface area contributed by atoms with Crippen LogP contribution in [0.2, 0.25) is 0 Å². The summed E-state index contributed by atoms with van der Waals surface area (Å²) in [7, 11) is 1.84. The Morgan fingerprint density at radius 2 is 2.11 bits per heavy atom. The van der Waals surface area contributed by atoms with Crippen LogP contribution in [-0.4, -0.2) is 42.4 Å². The fourth-order valence-electron chi connectivity index (χ4n) is 2.42. The van der Waals surface area contributed by atoms with Crippen LogP contribution in [0.3, 0.4) is 0 Å². The van der Waals surface area contributed by atoms with Crippen LogP contribution in [0.25, 0.3) is 0 Å². The Morgan fingerprint density at radius 1 is 1.42 bits per heavy atom. The highest BCUT2D eigenvalue weighted by Gasteiger charge is 2.20. The highest BCUT2D eigenvalue weighted by atomic mass is 16.3. The Balaban J connectivity index is 1.79. The number of aryl methyl sites for hydroxylation is 1. The van der Waals surface area contributed by atoms with Gasteiger partial charge in [-0.3, -0.25) is 9.69 Å². The molecule has 1 aliphatic heterocycles. The lowest BCUT2D eigenvalue weighted by Crippen LogP contribution is -2.41. The van der Waals surface area contributed by atoms with Gasteiger partial charge in [-0.05, 0) is 50.9 Å². The molecular weight excluding hydrogens is 240 g/mol. The number of carbonyl (C=O) groups is 1. The maximum Gasteiger partial charge on any atom is 0.236 e. The molecule has 1 aromatic rings. The Morgan fingerprint density at radius 3 is 2.68 bits per heavy atom. The monoisotopic (exact) mass is 264 g/mol. The quantitative estimate of drug-likeness (QED) is 0.837. The van der Waals surface area contributed by atoms with Gasteiger partial charge in [0.2, 0.25) is 5.91 Å². The smallest absolute Gasteiger partial charge is 0.236 e. The van der Waals surface area contributed by atoms with Crippen molar-refractivity contribution in [2.75, 3.05) is 26.7 Å². The van der Waals surface area contributed by atoms with E-state index in [9.17, 15) is 4.79 Å². The van der Waals surface area contributed by atoms with Gasteiger partial charge in [-0.25, -0.2) is 0 Å². The number of rotatable bonds is 4. The minimum absolute atomic E-state index is 0.170. The summed E-state index contributed by atoms with van der Waals surface area (Å²) in [4.78, 5) is 16.1. The average Bonchev–Trinajstić information content (AvgIpc) is 2.77. The first-order valence-corrected chi connectivity index (χ1v) is 7.06. The molecule has 0 bridgehead atoms. The predicted octanol–water partition coefficient (Wildman–Crippen LogP) is 2.28. The zero-order valence-corrected chi connectivity index (χ0v) is 12.2. The first-order valence-electron chi connectivity index (χ1n) is 7.06. The van der Waals surface area contributed by atoms with Crippen molar-refractivity contribution in [1.82, 2.24) is 9.80 Å². The number of piperidine rings is 1. The molecule has 19 heavy (non-hydrogen) atoms. The van der Waals surface area contributed by atoms with Crippen molar-refractivity contribution in [3.8, 4) is 0 Å². The SMILES string of the molecule is Cc1ccc(CN(C)C(=O)CN2CCC(C)CC2)o1. The molecule has 4 heteroatoms. The van der Waals surface area contributed by atoms with E-state index in [0.29, 0.717) is 13.1 Å². The fourth-order valence-corrected chi connectivity index (χ4v) is 2.42. The number of amides is 1. The average molecular weight is 264 g/mol. The number of hydrogen-bond acceptors (Lipinski definition) is 3. The first-order chi connectivity index (χ1) is 9.04. The second-order valence-corrected chi connectivity index (χ2v) is 5.72. The zero-order chi connectivity index (χ0) is 13.8. The molecule has 0 spiro atoms. The molecule has 1 fully saturated rings. The third kappa shape index (κ3) is 4.10. The van der Waals surface area contributed by atoms with Crippen LogP contribution in [0.5, 0.6) is 0 Å². The summed E-state index contributed by atoms with van der Waals surface area (Å²) in [6.07, 6.45) is 2.41. The molecule has 2 rings (SSSR count). The van der Waals surface area contributed by atoms with Crippen molar-refractivity contribution >= 4 is 5.91 Å². The van der Waals surface area contributed by atoms with E-state index in [1.165, 1.54) is 12.8 Å². The molecule has 2 heterocycles. The number of likely N-dealkylation sites (N-methyl/N-ethyl adjacent to an activating group) is 1. The fraction of sp³-hybridized carbons (Fsp3) is 0.667. The summed E-state index contributed by atoms with van der Waals surface area (Å²) in [5.41, 5.74) is 0. The molecule has 0 aliphatic carbocycles. The van der Waals surface area contributed by atoms with E-state index in [0.717, 1.165) is 30.5 Å². The first kappa shape index (κ1) is 14.1. The second-order valence-electron chi connectivity index (χ2n) is 5.72. The zero-order valence-electron chi connectivity index (χ0n) is 12.2. The van der Waals surface area contributed by atoms with Crippen LogP contribution in [0.4, 0.5) is 0 Å². The maximum atomic E-state index is 12.1. The Bertz CT molecular complexity index is 420. The number of hydrogen-bond donors (Lipinski definition) is 0. The molecule has 0 aromatic carbocycles. The summed E-state index contributed by atoms with van der Waals surface area (Å²) >= 11 is 0. The van der Waals surface area contributed by atoms with Gasteiger partial charge in [0, 0.05) is 7.05 Å². The summed E-state index contributed by atoms with van der Waals surface area (Å²) in [6.45, 7) is 7.37. The van der Waals surface area contributed by atoms with Crippen molar-refractivity contribution in [3.63, 3.8) is 0 Å². The second kappa shape index (κ2) is 6.24. The van der Waals surface area contributed by atoms with Crippen molar-refractivity contribution in [2.24, 2.45) is 5.92 Å². The van der Waals surface area contributed by atoms with Crippen molar-refractivity contribution < 1.29 is 9.21 Å². The van der Waals surface area contributed by atoms with E-state index >= 15 is 0 Å². The summed E-state index contributed by atoms with van der Waals surface area (Å²) in [5.74, 6) is 2.71. The van der Waals surface area contributed by atoms with Gasteiger partial charge < -0.3 is 9.32 Å². The molecule has 1 aliphatic rings. The highest BCUT2D eigenvalue weighted by Crippen LogP contribution is 2.16. The maximum absolute atomic E-state index is 12.1. The number of nitrogens with zero attached hydrogens (tertiary/aromatic N) is 2. The largest absolute Gasteiger partial charge is 0.464 e. The molecule has 0 N–H and O–H groups in total. The normalized spacial score (nSPS) is 17.6. The number of likely N-dealkylation sites (tertiary alicyclic amines) is 1. The molecule has 1 amide bonds. The van der Waals surface area contributed by atoms with E-state index in [2.05, 4.69) is 11.8 Å². The van der Waals surface area contributed by atoms with E-state index in [1.807, 2.05) is 26.1 Å². The number of furan rings is 1. The molecule has 0 unspecified atom stereocenters. The lowest BCUT2D eigenvalue weighted by atomic mass is 9.99. The molecule has 0 radical (unpaired) electrons. The van der Waals surface area contributed by atoms with E-state index < -0.39 is 0 Å². The molecule has 106 valence electrons. The van der Waals surface area contributed by atoms with Gasteiger partial charge in [0.1, 0.15) is 11.5 Å². The summed E-state index contributed by atoms with van der Waals surface area (Å²) in [6, 6.07) is 3.86. The Kier molecular flexibility index (Phi) is 4.64. The van der Waals surface area contributed by atoms with Crippen LogP contribution < -0.4 is 0 Å². The summed E-state index contributed by atoms with van der Waals surface area (Å²) < 4.78 is 5.50. The molecule has 0 atom stereocenters. The van der Waals surface area contributed by atoms with Crippen LogP contribution in [0.15, 0.2) is 16.5 Å². The van der Waals surface area contributed by atoms with Gasteiger partial charge >= 0.3 is 0 Å². The molecular formula is C15H24N2O2. The minimum Gasteiger partial charge on any atom is -0.464 e. The lowest BCUT2D eigenvalue weighted by Gasteiger charge is -2.30. The van der Waals surface area contributed by atoms with Gasteiger partial charge in [0.05, 0.1) is 13.1 Å². The molecule has 4 nitrogen and oxygen atoms in total. The van der Waals surface area contributed by atoms with Crippen LogP contribution >= 0.6 is 0 Å². The van der Waals surface area contributed by atoms with Crippen molar-refractivity contribution in [1.29, 1.82) is 0 Å². The topological polar surface area (TPSA) is 36.7 Å². The third-order valence-electron chi connectivity index (χ3n) is 3.85. The minimum atomic E-state index is 0.170. The predicted molar refractivity (Wildman–Crippen MR) is 74.8 cm³/mol. The van der Waals surface area contributed by atoms with Crippen molar-refractivity contribution in [2.45, 2.75) is 33.2 Å². The van der Waals surface area contributed by atoms with Crippen LogP contribution in [0.1, 0.15) is 31.3 Å². The van der Waals surface area contributed by atoms with E-state index in [-0.39, 0.29) is 5.91 Å². The Labute approximate surface area is 115 Å². The lowest BCUT2D eigenvalue weighted by molar-refractivity contribution is -0.132. The molecule has 1 aromatic heterocycles.